The van der Waals surface area contributed by atoms with E-state index in [1.807, 2.05) is 36.4 Å². The summed E-state index contributed by atoms with van der Waals surface area (Å²) in [5, 5.41) is 5.11. The molecule has 0 fully saturated rings. The van der Waals surface area contributed by atoms with Crippen LogP contribution >= 0.6 is 0 Å². The Morgan fingerprint density at radius 2 is 1.67 bits per heavy atom. The fraction of sp³-hybridized carbons (Fsp3) is 0.261. The van der Waals surface area contributed by atoms with Gasteiger partial charge >= 0.3 is 5.97 Å². The molecule has 0 aromatic heterocycles. The van der Waals surface area contributed by atoms with Gasteiger partial charge in [0.05, 0.1) is 7.11 Å². The lowest BCUT2D eigenvalue weighted by atomic mass is 10.0. The van der Waals surface area contributed by atoms with Gasteiger partial charge in [0.2, 0.25) is 11.8 Å². The highest BCUT2D eigenvalue weighted by Crippen LogP contribution is 2.10. The van der Waals surface area contributed by atoms with Gasteiger partial charge in [-0.3, -0.25) is 9.59 Å². The van der Waals surface area contributed by atoms with Crippen molar-refractivity contribution in [3.8, 4) is 0 Å². The number of amides is 2. The molecular formula is C23H25FN2O4. The van der Waals surface area contributed by atoms with Gasteiger partial charge in [-0.25, -0.2) is 9.18 Å². The lowest BCUT2D eigenvalue weighted by molar-refractivity contribution is -0.145. The number of rotatable bonds is 9. The molecule has 0 aliphatic heterocycles. The van der Waals surface area contributed by atoms with Crippen LogP contribution in [0.15, 0.2) is 60.7 Å². The first-order chi connectivity index (χ1) is 14.4. The highest BCUT2D eigenvalue weighted by atomic mass is 19.1. The number of hydrogen-bond acceptors (Lipinski definition) is 4. The summed E-state index contributed by atoms with van der Waals surface area (Å²) in [6.45, 7) is 1.27. The smallest absolute Gasteiger partial charge is 0.328 e. The maximum Gasteiger partial charge on any atom is 0.328 e. The van der Waals surface area contributed by atoms with Crippen LogP contribution in [0.2, 0.25) is 0 Å². The van der Waals surface area contributed by atoms with Crippen LogP contribution < -0.4 is 10.6 Å². The second kappa shape index (κ2) is 11.5. The van der Waals surface area contributed by atoms with Crippen LogP contribution in [-0.4, -0.2) is 37.0 Å². The summed E-state index contributed by atoms with van der Waals surface area (Å²) in [7, 11) is 1.23. The first kappa shape index (κ1) is 22.8. The number of carbonyl (C=O) groups excluding carboxylic acids is 3. The summed E-state index contributed by atoms with van der Waals surface area (Å²) in [6, 6.07) is 13.5. The van der Waals surface area contributed by atoms with Crippen molar-refractivity contribution in [3.63, 3.8) is 0 Å². The minimum absolute atomic E-state index is 0.0498. The molecule has 0 radical (unpaired) electrons. The summed E-state index contributed by atoms with van der Waals surface area (Å²) in [5.74, 6) is -2.13. The number of hydrogen-bond donors (Lipinski definition) is 2. The largest absolute Gasteiger partial charge is 0.467 e. The maximum atomic E-state index is 14.0. The van der Waals surface area contributed by atoms with Gasteiger partial charge in [-0.2, -0.15) is 0 Å². The van der Waals surface area contributed by atoms with E-state index in [-0.39, 0.29) is 18.4 Å². The lowest BCUT2D eigenvalue weighted by Gasteiger charge is -2.21. The molecule has 0 saturated carbocycles. The van der Waals surface area contributed by atoms with Gasteiger partial charge < -0.3 is 15.4 Å². The monoisotopic (exact) mass is 412 g/mol. The number of esters is 1. The topological polar surface area (TPSA) is 84.5 Å². The molecule has 0 unspecified atom stereocenters. The molecule has 2 amide bonds. The van der Waals surface area contributed by atoms with Gasteiger partial charge in [-0.15, -0.1) is 0 Å². The van der Waals surface area contributed by atoms with Gasteiger partial charge in [-0.05, 0) is 23.6 Å². The highest BCUT2D eigenvalue weighted by molar-refractivity contribution is 5.90. The third-order valence-electron chi connectivity index (χ3n) is 4.36. The van der Waals surface area contributed by atoms with Crippen molar-refractivity contribution in [1.29, 1.82) is 0 Å². The number of halogens is 1. The van der Waals surface area contributed by atoms with E-state index in [0.717, 1.165) is 5.56 Å². The Bertz CT molecular complexity index is 899. The van der Waals surface area contributed by atoms with E-state index in [9.17, 15) is 18.8 Å². The first-order valence-electron chi connectivity index (χ1n) is 9.51. The van der Waals surface area contributed by atoms with E-state index in [2.05, 4.69) is 10.6 Å². The Labute approximate surface area is 175 Å². The first-order valence-corrected chi connectivity index (χ1v) is 9.51. The van der Waals surface area contributed by atoms with Gasteiger partial charge in [0.1, 0.15) is 17.9 Å². The molecule has 0 aliphatic rings. The van der Waals surface area contributed by atoms with Gasteiger partial charge in [0.25, 0.3) is 0 Å². The van der Waals surface area contributed by atoms with Crippen molar-refractivity contribution < 1.29 is 23.5 Å². The van der Waals surface area contributed by atoms with Crippen LogP contribution in [0.1, 0.15) is 24.5 Å². The highest BCUT2D eigenvalue weighted by Gasteiger charge is 2.27. The van der Waals surface area contributed by atoms with Crippen LogP contribution in [0.3, 0.4) is 0 Å². The molecule has 7 heteroatoms. The molecule has 30 heavy (non-hydrogen) atoms. The van der Waals surface area contributed by atoms with E-state index in [4.69, 9.17) is 4.74 Å². The molecule has 0 bridgehead atoms. The Hall–Kier alpha value is -3.48. The lowest BCUT2D eigenvalue weighted by Crippen LogP contribution is -2.52. The molecule has 2 atom stereocenters. The SMILES string of the molecule is COC(=O)[C@H](C/C=C/c1ccccc1)NC(=O)[C@H](Cc1ccccc1F)NC(C)=O. The molecule has 0 saturated heterocycles. The molecule has 2 aromatic rings. The van der Waals surface area contributed by atoms with Gasteiger partial charge in [0.15, 0.2) is 0 Å². The fourth-order valence-corrected chi connectivity index (χ4v) is 2.87. The summed E-state index contributed by atoms with van der Waals surface area (Å²) < 4.78 is 18.8. The van der Waals surface area contributed by atoms with E-state index in [0.29, 0.717) is 0 Å². The van der Waals surface area contributed by atoms with Crippen molar-refractivity contribution in [2.24, 2.45) is 0 Å². The minimum Gasteiger partial charge on any atom is -0.467 e. The number of ether oxygens (including phenoxy) is 1. The molecule has 0 heterocycles. The maximum absolute atomic E-state index is 14.0. The number of methoxy groups -OCH3 is 1. The molecule has 0 aliphatic carbocycles. The van der Waals surface area contributed by atoms with Crippen molar-refractivity contribution in [1.82, 2.24) is 10.6 Å². The quantitative estimate of drug-likeness (QED) is 0.620. The second-order valence-electron chi connectivity index (χ2n) is 6.68. The molecule has 0 spiro atoms. The van der Waals surface area contributed by atoms with Crippen LogP contribution in [0, 0.1) is 5.82 Å². The Balaban J connectivity index is 2.11. The molecule has 2 N–H and O–H groups in total. The minimum atomic E-state index is -1.04. The normalized spacial score (nSPS) is 12.8. The second-order valence-corrected chi connectivity index (χ2v) is 6.68. The third-order valence-corrected chi connectivity index (χ3v) is 4.36. The standard InChI is InChI=1S/C23H25FN2O4/c1-16(27)25-21(15-18-12-6-7-13-19(18)24)22(28)26-20(23(29)30-2)14-8-11-17-9-4-3-5-10-17/h3-13,20-21H,14-15H2,1-2H3,(H,25,27)(H,26,28)/b11-8+/t20-,21-/m0/s1. The fourth-order valence-electron chi connectivity index (χ4n) is 2.87. The average Bonchev–Trinajstić information content (AvgIpc) is 2.73. The zero-order valence-electron chi connectivity index (χ0n) is 16.9. The van der Waals surface area contributed by atoms with E-state index in [1.54, 1.807) is 18.2 Å². The van der Waals surface area contributed by atoms with Crippen molar-refractivity contribution in [2.45, 2.75) is 31.8 Å². The molecule has 158 valence electrons. The predicted octanol–water partition coefficient (Wildman–Crippen LogP) is 2.63. The Kier molecular flexibility index (Phi) is 8.75. The molecule has 2 rings (SSSR count). The number of benzene rings is 2. The van der Waals surface area contributed by atoms with Crippen LogP contribution in [0.25, 0.3) is 6.08 Å². The Morgan fingerprint density at radius 1 is 1.00 bits per heavy atom. The van der Waals surface area contributed by atoms with Gasteiger partial charge in [-0.1, -0.05) is 60.7 Å². The number of nitrogens with one attached hydrogen (secondary N) is 2. The zero-order chi connectivity index (χ0) is 21.9. The van der Waals surface area contributed by atoms with E-state index in [1.165, 1.54) is 26.2 Å². The van der Waals surface area contributed by atoms with E-state index >= 15 is 0 Å². The average molecular weight is 412 g/mol. The van der Waals surface area contributed by atoms with Crippen molar-refractivity contribution in [2.75, 3.05) is 7.11 Å². The van der Waals surface area contributed by atoms with Gasteiger partial charge in [0, 0.05) is 13.3 Å². The number of carbonyl (C=O) groups is 3. The molecular weight excluding hydrogens is 387 g/mol. The third kappa shape index (κ3) is 7.16. The van der Waals surface area contributed by atoms with Crippen LogP contribution in [-0.2, 0) is 25.5 Å². The molecule has 2 aromatic carbocycles. The van der Waals surface area contributed by atoms with Crippen LogP contribution in [0.5, 0.6) is 0 Å². The van der Waals surface area contributed by atoms with Crippen molar-refractivity contribution in [3.05, 3.63) is 77.6 Å². The zero-order valence-corrected chi connectivity index (χ0v) is 16.9. The predicted molar refractivity (Wildman–Crippen MR) is 112 cm³/mol. The summed E-state index contributed by atoms with van der Waals surface area (Å²) in [6.07, 6.45) is 3.72. The Morgan fingerprint density at radius 3 is 2.30 bits per heavy atom. The summed E-state index contributed by atoms with van der Waals surface area (Å²) in [5.41, 5.74) is 1.23. The van der Waals surface area contributed by atoms with Crippen LogP contribution in [0.4, 0.5) is 4.39 Å². The van der Waals surface area contributed by atoms with Crippen molar-refractivity contribution >= 4 is 23.9 Å². The van der Waals surface area contributed by atoms with E-state index < -0.39 is 35.7 Å². The molecule has 6 nitrogen and oxygen atoms in total. The summed E-state index contributed by atoms with van der Waals surface area (Å²) in [4.78, 5) is 36.5. The summed E-state index contributed by atoms with van der Waals surface area (Å²) >= 11 is 0.